The SMILES string of the molecule is CC(C)Oc1ccccc1NC(=S)NC(=O)c1ccc(OCCc2ccccc2)c(Br)c1. The van der Waals surface area contributed by atoms with Crippen molar-refractivity contribution in [3.8, 4) is 11.5 Å². The maximum atomic E-state index is 12.6. The van der Waals surface area contributed by atoms with E-state index in [0.717, 1.165) is 6.42 Å². The van der Waals surface area contributed by atoms with Crippen LogP contribution >= 0.6 is 28.1 Å². The Morgan fingerprint density at radius 3 is 2.44 bits per heavy atom. The maximum absolute atomic E-state index is 12.6. The molecule has 3 rings (SSSR count). The largest absolute Gasteiger partial charge is 0.492 e. The Bertz CT molecular complexity index is 1070. The van der Waals surface area contributed by atoms with E-state index in [1.54, 1.807) is 18.2 Å². The van der Waals surface area contributed by atoms with Crippen LogP contribution in [0.3, 0.4) is 0 Å². The fourth-order valence-corrected chi connectivity index (χ4v) is 3.63. The first-order chi connectivity index (χ1) is 15.4. The molecule has 3 aromatic rings. The average molecular weight is 513 g/mol. The first-order valence-electron chi connectivity index (χ1n) is 10.3. The molecule has 0 saturated heterocycles. The second-order valence-electron chi connectivity index (χ2n) is 7.30. The van der Waals surface area contributed by atoms with E-state index in [-0.39, 0.29) is 17.1 Å². The summed E-state index contributed by atoms with van der Waals surface area (Å²) in [5.41, 5.74) is 2.36. The minimum atomic E-state index is -0.318. The Morgan fingerprint density at radius 2 is 1.72 bits per heavy atom. The van der Waals surface area contributed by atoms with Crippen LogP contribution in [0, 0.1) is 0 Å². The lowest BCUT2D eigenvalue weighted by molar-refractivity contribution is 0.0977. The lowest BCUT2D eigenvalue weighted by Crippen LogP contribution is -2.34. The average Bonchev–Trinajstić information content (AvgIpc) is 2.76. The number of hydrogen-bond acceptors (Lipinski definition) is 4. The zero-order chi connectivity index (χ0) is 22.9. The summed E-state index contributed by atoms with van der Waals surface area (Å²) in [5.74, 6) is 1.03. The molecule has 0 aliphatic carbocycles. The summed E-state index contributed by atoms with van der Waals surface area (Å²) >= 11 is 8.80. The quantitative estimate of drug-likeness (QED) is 0.363. The van der Waals surface area contributed by atoms with Gasteiger partial charge in [0.25, 0.3) is 5.91 Å². The van der Waals surface area contributed by atoms with Crippen LogP contribution in [-0.2, 0) is 6.42 Å². The van der Waals surface area contributed by atoms with Gasteiger partial charge in [-0.05, 0) is 77.9 Å². The molecule has 0 saturated carbocycles. The molecule has 0 aliphatic rings. The Morgan fingerprint density at radius 1 is 1.00 bits per heavy atom. The number of carbonyl (C=O) groups is 1. The summed E-state index contributed by atoms with van der Waals surface area (Å²) in [6.45, 7) is 4.44. The third-order valence-corrected chi connectivity index (χ3v) is 5.23. The predicted octanol–water partition coefficient (Wildman–Crippen LogP) is 5.98. The van der Waals surface area contributed by atoms with E-state index in [1.165, 1.54) is 5.56 Å². The van der Waals surface area contributed by atoms with Gasteiger partial charge < -0.3 is 14.8 Å². The smallest absolute Gasteiger partial charge is 0.257 e. The van der Waals surface area contributed by atoms with Crippen molar-refractivity contribution in [1.82, 2.24) is 5.32 Å². The Labute approximate surface area is 202 Å². The van der Waals surface area contributed by atoms with Gasteiger partial charge in [-0.25, -0.2) is 0 Å². The van der Waals surface area contributed by atoms with E-state index < -0.39 is 0 Å². The van der Waals surface area contributed by atoms with Crippen LogP contribution in [0.1, 0.15) is 29.8 Å². The van der Waals surface area contributed by atoms with E-state index in [1.807, 2.05) is 56.3 Å². The molecule has 0 heterocycles. The molecule has 0 fully saturated rings. The number of benzene rings is 3. The van der Waals surface area contributed by atoms with Crippen LogP contribution in [0.4, 0.5) is 5.69 Å². The molecule has 0 bridgehead atoms. The summed E-state index contributed by atoms with van der Waals surface area (Å²) in [4.78, 5) is 12.6. The molecule has 166 valence electrons. The van der Waals surface area contributed by atoms with Gasteiger partial charge in [0.1, 0.15) is 11.5 Å². The van der Waals surface area contributed by atoms with Crippen molar-refractivity contribution in [3.05, 3.63) is 88.4 Å². The number of nitrogens with one attached hydrogen (secondary N) is 2. The van der Waals surface area contributed by atoms with Crippen LogP contribution in [0.15, 0.2) is 77.3 Å². The van der Waals surface area contributed by atoms with Gasteiger partial charge in [0.2, 0.25) is 0 Å². The van der Waals surface area contributed by atoms with Crippen molar-refractivity contribution >= 4 is 44.9 Å². The fraction of sp³-hybridized carbons (Fsp3) is 0.200. The van der Waals surface area contributed by atoms with E-state index >= 15 is 0 Å². The molecule has 0 spiro atoms. The summed E-state index contributed by atoms with van der Waals surface area (Å²) in [6, 6.07) is 22.8. The molecule has 0 aliphatic heterocycles. The fourth-order valence-electron chi connectivity index (χ4n) is 2.94. The summed E-state index contributed by atoms with van der Waals surface area (Å²) < 4.78 is 12.3. The first-order valence-corrected chi connectivity index (χ1v) is 11.5. The second kappa shape index (κ2) is 11.6. The Balaban J connectivity index is 1.56. The third-order valence-electron chi connectivity index (χ3n) is 4.41. The van der Waals surface area contributed by atoms with E-state index in [0.29, 0.717) is 33.8 Å². The number of halogens is 1. The summed E-state index contributed by atoms with van der Waals surface area (Å²) in [5, 5.41) is 5.91. The van der Waals surface area contributed by atoms with Gasteiger partial charge in [-0.3, -0.25) is 10.1 Å². The lowest BCUT2D eigenvalue weighted by Gasteiger charge is -2.16. The van der Waals surface area contributed by atoms with Crippen molar-refractivity contribution in [1.29, 1.82) is 0 Å². The van der Waals surface area contributed by atoms with Gasteiger partial charge in [-0.15, -0.1) is 0 Å². The highest BCUT2D eigenvalue weighted by molar-refractivity contribution is 9.10. The number of thiocarbonyl (C=S) groups is 1. The van der Waals surface area contributed by atoms with Crippen molar-refractivity contribution in [2.45, 2.75) is 26.4 Å². The zero-order valence-corrected chi connectivity index (χ0v) is 20.3. The van der Waals surface area contributed by atoms with E-state index in [9.17, 15) is 4.79 Å². The number of anilines is 1. The number of amides is 1. The molecular formula is C25H25BrN2O3S. The van der Waals surface area contributed by atoms with E-state index in [2.05, 4.69) is 38.7 Å². The molecule has 0 radical (unpaired) electrons. The second-order valence-corrected chi connectivity index (χ2v) is 8.56. The van der Waals surface area contributed by atoms with Crippen molar-refractivity contribution in [2.75, 3.05) is 11.9 Å². The van der Waals surface area contributed by atoms with Crippen LogP contribution < -0.4 is 20.1 Å². The van der Waals surface area contributed by atoms with Gasteiger partial charge in [0.05, 0.1) is 22.9 Å². The highest BCUT2D eigenvalue weighted by atomic mass is 79.9. The van der Waals surface area contributed by atoms with E-state index in [4.69, 9.17) is 21.7 Å². The first kappa shape index (κ1) is 23.8. The molecule has 0 aromatic heterocycles. The van der Waals surface area contributed by atoms with Crippen LogP contribution in [0.25, 0.3) is 0 Å². The minimum absolute atomic E-state index is 0.0203. The predicted molar refractivity (Wildman–Crippen MR) is 136 cm³/mol. The van der Waals surface area contributed by atoms with Crippen LogP contribution in [-0.4, -0.2) is 23.7 Å². The number of rotatable bonds is 8. The van der Waals surface area contributed by atoms with Gasteiger partial charge in [-0.1, -0.05) is 42.5 Å². The molecule has 0 atom stereocenters. The molecular weight excluding hydrogens is 488 g/mol. The number of para-hydroxylation sites is 2. The zero-order valence-electron chi connectivity index (χ0n) is 17.9. The van der Waals surface area contributed by atoms with Gasteiger partial charge in [0.15, 0.2) is 5.11 Å². The normalized spacial score (nSPS) is 10.5. The van der Waals surface area contributed by atoms with Crippen LogP contribution in [0.2, 0.25) is 0 Å². The third kappa shape index (κ3) is 7.07. The molecule has 32 heavy (non-hydrogen) atoms. The molecule has 3 aromatic carbocycles. The molecule has 5 nitrogen and oxygen atoms in total. The Kier molecular flexibility index (Phi) is 8.64. The molecule has 1 amide bonds. The van der Waals surface area contributed by atoms with Gasteiger partial charge in [-0.2, -0.15) is 0 Å². The summed E-state index contributed by atoms with van der Waals surface area (Å²) in [6.07, 6.45) is 0.823. The monoisotopic (exact) mass is 512 g/mol. The molecule has 7 heteroatoms. The minimum Gasteiger partial charge on any atom is -0.492 e. The topological polar surface area (TPSA) is 59.6 Å². The standard InChI is InChI=1S/C25H25BrN2O3S/c1-17(2)31-23-11-7-6-10-21(23)27-25(32)28-24(29)19-12-13-22(20(26)16-19)30-15-14-18-8-4-3-5-9-18/h3-13,16-17H,14-15H2,1-2H3,(H2,27,28,29,32). The highest BCUT2D eigenvalue weighted by Crippen LogP contribution is 2.27. The molecule has 2 N–H and O–H groups in total. The van der Waals surface area contributed by atoms with Crippen molar-refractivity contribution in [2.24, 2.45) is 0 Å². The van der Waals surface area contributed by atoms with Crippen LogP contribution in [0.5, 0.6) is 11.5 Å². The van der Waals surface area contributed by atoms with Crippen molar-refractivity contribution < 1.29 is 14.3 Å². The Hall–Kier alpha value is -2.90. The number of ether oxygens (including phenoxy) is 2. The maximum Gasteiger partial charge on any atom is 0.257 e. The highest BCUT2D eigenvalue weighted by Gasteiger charge is 2.13. The van der Waals surface area contributed by atoms with Gasteiger partial charge in [0, 0.05) is 12.0 Å². The number of hydrogen-bond donors (Lipinski definition) is 2. The van der Waals surface area contributed by atoms with Gasteiger partial charge >= 0.3 is 0 Å². The lowest BCUT2D eigenvalue weighted by atomic mass is 10.2. The number of carbonyl (C=O) groups excluding carboxylic acids is 1. The summed E-state index contributed by atoms with van der Waals surface area (Å²) in [7, 11) is 0. The van der Waals surface area contributed by atoms with Crippen molar-refractivity contribution in [3.63, 3.8) is 0 Å². The molecule has 0 unspecified atom stereocenters.